The molecule has 0 spiro atoms. The molecule has 0 atom stereocenters. The first-order valence-electron chi connectivity index (χ1n) is 5.36. The van der Waals surface area contributed by atoms with E-state index in [-0.39, 0.29) is 0 Å². The van der Waals surface area contributed by atoms with E-state index in [0.29, 0.717) is 5.76 Å². The highest BCUT2D eigenvalue weighted by Crippen LogP contribution is 2.26. The maximum absolute atomic E-state index is 8.78. The lowest BCUT2D eigenvalue weighted by Gasteiger charge is -2.00. The van der Waals surface area contributed by atoms with Gasteiger partial charge in [0.1, 0.15) is 11.7 Å². The molecule has 0 aliphatic carbocycles. The van der Waals surface area contributed by atoms with E-state index in [4.69, 9.17) is 9.68 Å². The Hall–Kier alpha value is -2.53. The van der Waals surface area contributed by atoms with Crippen LogP contribution in [0.3, 0.4) is 0 Å². The lowest BCUT2D eigenvalue weighted by molar-refractivity contribution is 0.599. The summed E-state index contributed by atoms with van der Waals surface area (Å²) in [5.41, 5.74) is 3.04. The number of hydrogen-bond acceptors (Lipinski definition) is 2. The minimum atomic E-state index is 0.352. The first kappa shape index (κ1) is 9.68. The summed E-state index contributed by atoms with van der Waals surface area (Å²) in [6, 6.07) is 19.9. The van der Waals surface area contributed by atoms with Crippen molar-refractivity contribution in [3.63, 3.8) is 0 Å². The van der Waals surface area contributed by atoms with Crippen molar-refractivity contribution in [3.05, 3.63) is 60.4 Å². The van der Waals surface area contributed by atoms with Gasteiger partial charge in [-0.15, -0.1) is 0 Å². The van der Waals surface area contributed by atoms with E-state index in [1.165, 1.54) is 0 Å². The zero-order valence-corrected chi connectivity index (χ0v) is 9.05. The van der Waals surface area contributed by atoms with Crippen LogP contribution >= 0.6 is 0 Å². The predicted molar refractivity (Wildman–Crippen MR) is 66.4 cm³/mol. The summed E-state index contributed by atoms with van der Waals surface area (Å²) in [4.78, 5) is 0. The molecule has 2 heteroatoms. The van der Waals surface area contributed by atoms with Gasteiger partial charge in [0.25, 0.3) is 0 Å². The molecule has 0 bridgehead atoms. The van der Waals surface area contributed by atoms with Gasteiger partial charge in [0, 0.05) is 11.5 Å². The number of rotatable bonds is 1. The van der Waals surface area contributed by atoms with E-state index >= 15 is 0 Å². The molecule has 2 aromatic carbocycles. The molecular weight excluding hydrogens is 210 g/mol. The number of nitrogens with zero attached hydrogens (tertiary/aromatic N) is 1. The van der Waals surface area contributed by atoms with Crippen molar-refractivity contribution >= 4 is 11.0 Å². The first-order valence-corrected chi connectivity index (χ1v) is 5.36. The summed E-state index contributed by atoms with van der Waals surface area (Å²) in [5, 5.41) is 9.74. The quantitative estimate of drug-likeness (QED) is 0.620. The van der Waals surface area contributed by atoms with E-state index in [2.05, 4.69) is 12.1 Å². The van der Waals surface area contributed by atoms with E-state index in [1.807, 2.05) is 42.5 Å². The van der Waals surface area contributed by atoms with E-state index in [0.717, 1.165) is 22.1 Å². The average Bonchev–Trinajstić information content (AvgIpc) is 2.81. The average molecular weight is 219 g/mol. The summed E-state index contributed by atoms with van der Waals surface area (Å²) in [6.45, 7) is 0. The van der Waals surface area contributed by atoms with Crippen LogP contribution in [0, 0.1) is 11.3 Å². The topological polar surface area (TPSA) is 36.9 Å². The van der Waals surface area contributed by atoms with E-state index in [1.54, 1.807) is 6.07 Å². The molecule has 80 valence electrons. The molecular formula is C15H9NO. The van der Waals surface area contributed by atoms with Gasteiger partial charge in [-0.2, -0.15) is 5.26 Å². The minimum absolute atomic E-state index is 0.352. The highest BCUT2D eigenvalue weighted by atomic mass is 16.3. The Morgan fingerprint density at radius 1 is 0.882 bits per heavy atom. The third-order valence-electron chi connectivity index (χ3n) is 2.73. The van der Waals surface area contributed by atoms with Gasteiger partial charge in [-0.1, -0.05) is 36.4 Å². The number of furan rings is 1. The molecule has 3 rings (SSSR count). The van der Waals surface area contributed by atoms with Crippen molar-refractivity contribution in [2.24, 2.45) is 0 Å². The molecule has 1 heterocycles. The standard InChI is InChI=1S/C15H9NO/c16-10-14-9-13-8-12(6-7-15(13)17-14)11-4-2-1-3-5-11/h1-9H. The minimum Gasteiger partial charge on any atom is -0.446 e. The molecule has 0 N–H and O–H groups in total. The van der Waals surface area contributed by atoms with Gasteiger partial charge in [-0.3, -0.25) is 0 Å². The second kappa shape index (κ2) is 3.80. The monoisotopic (exact) mass is 219 g/mol. The van der Waals surface area contributed by atoms with Crippen LogP contribution in [0.15, 0.2) is 59.0 Å². The molecule has 17 heavy (non-hydrogen) atoms. The summed E-state index contributed by atoms with van der Waals surface area (Å²) in [7, 11) is 0. The largest absolute Gasteiger partial charge is 0.446 e. The van der Waals surface area contributed by atoms with Crippen LogP contribution in [0.25, 0.3) is 22.1 Å². The number of benzene rings is 2. The number of hydrogen-bond donors (Lipinski definition) is 0. The number of nitriles is 1. The molecule has 2 nitrogen and oxygen atoms in total. The van der Waals surface area contributed by atoms with Crippen molar-refractivity contribution < 1.29 is 4.42 Å². The Morgan fingerprint density at radius 3 is 2.47 bits per heavy atom. The van der Waals surface area contributed by atoms with Crippen molar-refractivity contribution in [2.75, 3.05) is 0 Å². The molecule has 0 amide bonds. The molecule has 0 aliphatic rings. The summed E-state index contributed by atoms with van der Waals surface area (Å²) in [5.74, 6) is 0.352. The van der Waals surface area contributed by atoms with Gasteiger partial charge in [-0.25, -0.2) is 0 Å². The summed E-state index contributed by atoms with van der Waals surface area (Å²) in [6.07, 6.45) is 0. The molecule has 1 aromatic heterocycles. The van der Waals surface area contributed by atoms with Crippen LogP contribution in [0.2, 0.25) is 0 Å². The van der Waals surface area contributed by atoms with Gasteiger partial charge in [-0.05, 0) is 23.3 Å². The maximum atomic E-state index is 8.78. The van der Waals surface area contributed by atoms with Gasteiger partial charge in [0.05, 0.1) is 0 Å². The van der Waals surface area contributed by atoms with Crippen LogP contribution < -0.4 is 0 Å². The van der Waals surface area contributed by atoms with Crippen LogP contribution in [-0.4, -0.2) is 0 Å². The van der Waals surface area contributed by atoms with E-state index < -0.39 is 0 Å². The summed E-state index contributed by atoms with van der Waals surface area (Å²) < 4.78 is 5.35. The Balaban J connectivity index is 2.17. The SMILES string of the molecule is N#Cc1cc2cc(-c3ccccc3)ccc2o1. The van der Waals surface area contributed by atoms with Crippen molar-refractivity contribution in [1.82, 2.24) is 0 Å². The molecule has 0 aliphatic heterocycles. The fraction of sp³-hybridized carbons (Fsp3) is 0. The zero-order valence-electron chi connectivity index (χ0n) is 9.05. The third kappa shape index (κ3) is 1.68. The molecule has 0 saturated heterocycles. The van der Waals surface area contributed by atoms with Crippen LogP contribution in [0.4, 0.5) is 0 Å². The van der Waals surface area contributed by atoms with Gasteiger partial charge in [0.2, 0.25) is 5.76 Å². The Kier molecular flexibility index (Phi) is 2.16. The van der Waals surface area contributed by atoms with Gasteiger partial charge in [0.15, 0.2) is 0 Å². The van der Waals surface area contributed by atoms with Crippen LogP contribution in [0.5, 0.6) is 0 Å². The maximum Gasteiger partial charge on any atom is 0.204 e. The highest BCUT2D eigenvalue weighted by molar-refractivity contribution is 5.84. The highest BCUT2D eigenvalue weighted by Gasteiger charge is 2.04. The molecule has 0 unspecified atom stereocenters. The molecule has 0 fully saturated rings. The summed E-state index contributed by atoms with van der Waals surface area (Å²) >= 11 is 0. The lowest BCUT2D eigenvalue weighted by Crippen LogP contribution is -1.75. The fourth-order valence-electron chi connectivity index (χ4n) is 1.91. The third-order valence-corrected chi connectivity index (χ3v) is 2.73. The fourth-order valence-corrected chi connectivity index (χ4v) is 1.91. The second-order valence-electron chi connectivity index (χ2n) is 3.84. The van der Waals surface area contributed by atoms with Crippen molar-refractivity contribution in [3.8, 4) is 17.2 Å². The first-order chi connectivity index (χ1) is 8.36. The number of fused-ring (bicyclic) bond motifs is 1. The zero-order chi connectivity index (χ0) is 11.7. The van der Waals surface area contributed by atoms with Gasteiger partial charge < -0.3 is 4.42 Å². The van der Waals surface area contributed by atoms with E-state index in [9.17, 15) is 0 Å². The Morgan fingerprint density at radius 2 is 1.71 bits per heavy atom. The second-order valence-corrected chi connectivity index (χ2v) is 3.84. The molecule has 3 aromatic rings. The molecule has 0 saturated carbocycles. The van der Waals surface area contributed by atoms with Crippen LogP contribution in [0.1, 0.15) is 5.76 Å². The normalized spacial score (nSPS) is 10.3. The predicted octanol–water partition coefficient (Wildman–Crippen LogP) is 3.97. The van der Waals surface area contributed by atoms with Crippen molar-refractivity contribution in [1.29, 1.82) is 5.26 Å². The Labute approximate surface area is 98.7 Å². The smallest absolute Gasteiger partial charge is 0.204 e. The Bertz CT molecular complexity index is 705. The molecule has 0 radical (unpaired) electrons. The van der Waals surface area contributed by atoms with Gasteiger partial charge >= 0.3 is 0 Å². The van der Waals surface area contributed by atoms with Crippen LogP contribution in [-0.2, 0) is 0 Å². The van der Waals surface area contributed by atoms with Crippen molar-refractivity contribution in [2.45, 2.75) is 0 Å². The lowest BCUT2D eigenvalue weighted by atomic mass is 10.0.